The molecule has 0 aliphatic rings. The Morgan fingerprint density at radius 3 is 2.56 bits per heavy atom. The van der Waals surface area contributed by atoms with Gasteiger partial charge in [-0.2, -0.15) is 13.2 Å². The van der Waals surface area contributed by atoms with E-state index >= 15 is 0 Å². The highest BCUT2D eigenvalue weighted by atomic mass is 19.4. The summed E-state index contributed by atoms with van der Waals surface area (Å²) in [7, 11) is 1.18. The molecule has 0 radical (unpaired) electrons. The molecule has 1 aromatic rings. The first-order valence-corrected chi connectivity index (χ1v) is 5.02. The number of benzene rings is 1. The zero-order valence-corrected chi connectivity index (χ0v) is 9.49. The maximum Gasteiger partial charge on any atom is 0.418 e. The number of nitrogens with one attached hydrogen (secondary N) is 1. The SMILES string of the molecule is COC(CNc1ccccc1C(F)(F)F)C(=O)O. The Labute approximate surface area is 101 Å². The standard InChI is InChI=1S/C11H12F3NO3/c1-18-9(10(16)17)6-15-8-5-3-2-4-7(8)11(12,13)14/h2-5,9,15H,6H2,1H3,(H,16,17). The van der Waals surface area contributed by atoms with Gasteiger partial charge < -0.3 is 15.2 Å². The largest absolute Gasteiger partial charge is 0.479 e. The molecule has 100 valence electrons. The van der Waals surface area contributed by atoms with Crippen LogP contribution in [-0.2, 0) is 15.7 Å². The third kappa shape index (κ3) is 3.63. The van der Waals surface area contributed by atoms with E-state index in [0.717, 1.165) is 6.07 Å². The number of alkyl halides is 3. The number of para-hydroxylation sites is 1. The molecule has 0 bridgehead atoms. The minimum atomic E-state index is -4.49. The zero-order valence-electron chi connectivity index (χ0n) is 9.49. The van der Waals surface area contributed by atoms with Crippen molar-refractivity contribution in [1.29, 1.82) is 0 Å². The average Bonchev–Trinajstić information content (AvgIpc) is 2.28. The Kier molecular flexibility index (Phi) is 4.55. The summed E-state index contributed by atoms with van der Waals surface area (Å²) in [6.45, 7) is -0.251. The quantitative estimate of drug-likeness (QED) is 0.855. The van der Waals surface area contributed by atoms with Crippen LogP contribution in [0.4, 0.5) is 18.9 Å². The van der Waals surface area contributed by atoms with Crippen LogP contribution in [0.5, 0.6) is 0 Å². The van der Waals surface area contributed by atoms with E-state index in [1.54, 1.807) is 0 Å². The number of halogens is 3. The highest BCUT2D eigenvalue weighted by Crippen LogP contribution is 2.34. The summed E-state index contributed by atoms with van der Waals surface area (Å²) in [5.74, 6) is -1.24. The fourth-order valence-corrected chi connectivity index (χ4v) is 1.36. The summed E-state index contributed by atoms with van der Waals surface area (Å²) < 4.78 is 42.5. The summed E-state index contributed by atoms with van der Waals surface area (Å²) in [6.07, 6.45) is -5.69. The zero-order chi connectivity index (χ0) is 13.8. The molecular weight excluding hydrogens is 251 g/mol. The van der Waals surface area contributed by atoms with Crippen molar-refractivity contribution in [2.45, 2.75) is 12.3 Å². The molecule has 4 nitrogen and oxygen atoms in total. The summed E-state index contributed by atoms with van der Waals surface area (Å²) in [4.78, 5) is 10.6. The molecule has 7 heteroatoms. The normalized spacial score (nSPS) is 13.1. The van der Waals surface area contributed by atoms with E-state index in [4.69, 9.17) is 5.11 Å². The van der Waals surface area contributed by atoms with Gasteiger partial charge >= 0.3 is 12.1 Å². The van der Waals surface area contributed by atoms with Gasteiger partial charge in [-0.25, -0.2) is 4.79 Å². The van der Waals surface area contributed by atoms with Crippen LogP contribution in [-0.4, -0.2) is 30.8 Å². The van der Waals surface area contributed by atoms with Crippen molar-refractivity contribution in [3.63, 3.8) is 0 Å². The van der Waals surface area contributed by atoms with Gasteiger partial charge in [0.05, 0.1) is 12.1 Å². The topological polar surface area (TPSA) is 58.6 Å². The molecule has 0 heterocycles. The molecule has 0 fully saturated rings. The van der Waals surface area contributed by atoms with Crippen LogP contribution >= 0.6 is 0 Å². The van der Waals surface area contributed by atoms with Crippen LogP contribution < -0.4 is 5.32 Å². The third-order valence-electron chi connectivity index (χ3n) is 2.27. The Bertz CT molecular complexity index is 420. The van der Waals surface area contributed by atoms with Gasteiger partial charge in [0.25, 0.3) is 0 Å². The first-order valence-electron chi connectivity index (χ1n) is 5.02. The Morgan fingerprint density at radius 2 is 2.06 bits per heavy atom. The van der Waals surface area contributed by atoms with Crippen LogP contribution in [0.3, 0.4) is 0 Å². The lowest BCUT2D eigenvalue weighted by atomic mass is 10.1. The van der Waals surface area contributed by atoms with E-state index in [0.29, 0.717) is 0 Å². The molecule has 0 saturated carbocycles. The first kappa shape index (κ1) is 14.3. The van der Waals surface area contributed by atoms with Crippen LogP contribution in [0.25, 0.3) is 0 Å². The average molecular weight is 263 g/mol. The predicted octanol–water partition coefficient (Wildman–Crippen LogP) is 2.22. The van der Waals surface area contributed by atoms with Gasteiger partial charge in [-0.05, 0) is 12.1 Å². The highest BCUT2D eigenvalue weighted by molar-refractivity contribution is 5.73. The number of carboxylic acids is 1. The number of carboxylic acid groups (broad SMARTS) is 1. The van der Waals surface area contributed by atoms with E-state index in [-0.39, 0.29) is 12.2 Å². The Hall–Kier alpha value is -1.76. The molecule has 0 aliphatic heterocycles. The van der Waals surface area contributed by atoms with Crippen LogP contribution in [0, 0.1) is 0 Å². The van der Waals surface area contributed by atoms with Crippen molar-refractivity contribution in [2.24, 2.45) is 0 Å². The second-order valence-corrected chi connectivity index (χ2v) is 3.49. The van der Waals surface area contributed by atoms with Gasteiger partial charge in [0.15, 0.2) is 6.10 Å². The fraction of sp³-hybridized carbons (Fsp3) is 0.364. The van der Waals surface area contributed by atoms with Crippen molar-refractivity contribution in [1.82, 2.24) is 0 Å². The number of rotatable bonds is 5. The van der Waals surface area contributed by atoms with Crippen molar-refractivity contribution in [3.8, 4) is 0 Å². The van der Waals surface area contributed by atoms with E-state index < -0.39 is 23.8 Å². The summed E-state index contributed by atoms with van der Waals surface area (Å²) in [5.41, 5.74) is -1.02. The minimum Gasteiger partial charge on any atom is -0.479 e. The molecule has 0 aromatic heterocycles. The number of methoxy groups -OCH3 is 1. The van der Waals surface area contributed by atoms with Gasteiger partial charge in [-0.15, -0.1) is 0 Å². The van der Waals surface area contributed by atoms with E-state index in [1.807, 2.05) is 0 Å². The summed E-state index contributed by atoms with van der Waals surface area (Å²) in [5, 5.41) is 11.1. The second kappa shape index (κ2) is 5.72. The second-order valence-electron chi connectivity index (χ2n) is 3.49. The third-order valence-corrected chi connectivity index (χ3v) is 2.27. The summed E-state index contributed by atoms with van der Waals surface area (Å²) in [6, 6.07) is 4.85. The van der Waals surface area contributed by atoms with Crippen molar-refractivity contribution < 1.29 is 27.8 Å². The molecule has 0 saturated heterocycles. The number of anilines is 1. The number of ether oxygens (including phenoxy) is 1. The maximum atomic E-state index is 12.6. The van der Waals surface area contributed by atoms with E-state index in [2.05, 4.69) is 10.1 Å². The molecule has 18 heavy (non-hydrogen) atoms. The molecule has 2 N–H and O–H groups in total. The lowest BCUT2D eigenvalue weighted by Crippen LogP contribution is -2.30. The molecule has 1 aromatic carbocycles. The fourth-order valence-electron chi connectivity index (χ4n) is 1.36. The van der Waals surface area contributed by atoms with Crippen LogP contribution in [0.1, 0.15) is 5.56 Å². The highest BCUT2D eigenvalue weighted by Gasteiger charge is 2.33. The molecule has 0 amide bonds. The molecule has 1 atom stereocenters. The lowest BCUT2D eigenvalue weighted by molar-refractivity contribution is -0.147. The van der Waals surface area contributed by atoms with Crippen LogP contribution in [0.2, 0.25) is 0 Å². The predicted molar refractivity (Wildman–Crippen MR) is 58.4 cm³/mol. The van der Waals surface area contributed by atoms with Gasteiger partial charge in [-0.1, -0.05) is 12.1 Å². The van der Waals surface area contributed by atoms with Gasteiger partial charge in [0.2, 0.25) is 0 Å². The smallest absolute Gasteiger partial charge is 0.418 e. The monoisotopic (exact) mass is 263 g/mol. The van der Waals surface area contributed by atoms with E-state index in [9.17, 15) is 18.0 Å². The Morgan fingerprint density at radius 1 is 1.44 bits per heavy atom. The van der Waals surface area contributed by atoms with Crippen molar-refractivity contribution in [3.05, 3.63) is 29.8 Å². The van der Waals surface area contributed by atoms with Crippen molar-refractivity contribution >= 4 is 11.7 Å². The number of carbonyl (C=O) groups is 1. The van der Waals surface area contributed by atoms with Gasteiger partial charge in [-0.3, -0.25) is 0 Å². The molecule has 1 rings (SSSR count). The summed E-state index contributed by atoms with van der Waals surface area (Å²) >= 11 is 0. The van der Waals surface area contributed by atoms with Gasteiger partial charge in [0.1, 0.15) is 0 Å². The molecule has 1 unspecified atom stereocenters. The number of hydrogen-bond donors (Lipinski definition) is 2. The van der Waals surface area contributed by atoms with Gasteiger partial charge in [0, 0.05) is 12.8 Å². The first-order chi connectivity index (χ1) is 8.36. The minimum absolute atomic E-state index is 0.173. The molecule has 0 aliphatic carbocycles. The lowest BCUT2D eigenvalue weighted by Gasteiger charge is -2.16. The molecule has 0 spiro atoms. The van der Waals surface area contributed by atoms with E-state index in [1.165, 1.54) is 25.3 Å². The Balaban J connectivity index is 2.82. The van der Waals surface area contributed by atoms with Crippen molar-refractivity contribution in [2.75, 3.05) is 19.0 Å². The number of aliphatic carboxylic acids is 1. The maximum absolute atomic E-state index is 12.6. The van der Waals surface area contributed by atoms with Crippen LogP contribution in [0.15, 0.2) is 24.3 Å². The number of hydrogen-bond acceptors (Lipinski definition) is 3. The molecular formula is C11H12F3NO3.